The Kier molecular flexibility index (Phi) is 28.7. The Labute approximate surface area is 93.0 Å². The van der Waals surface area contributed by atoms with Crippen molar-refractivity contribution in [1.82, 2.24) is 0 Å². The second kappa shape index (κ2) is 17.6. The summed E-state index contributed by atoms with van der Waals surface area (Å²) in [5.74, 6) is -3.86. The summed E-state index contributed by atoms with van der Waals surface area (Å²) in [5, 5.41) is 33.9. The number of carboxylic acids is 3. The summed E-state index contributed by atoms with van der Waals surface area (Å²) < 4.78 is 0. The van der Waals surface area contributed by atoms with E-state index in [4.69, 9.17) is 35.0 Å². The number of carbonyl (C=O) groups is 3. The molecule has 8 heteroatoms. The average molecular weight is 258 g/mol. The fourth-order valence-corrected chi connectivity index (χ4v) is 0. The van der Waals surface area contributed by atoms with Crippen molar-refractivity contribution in [2.75, 3.05) is 0 Å². The van der Waals surface area contributed by atoms with Gasteiger partial charge >= 0.3 is 19.8 Å². The molecule has 0 aliphatic rings. The van der Waals surface area contributed by atoms with Crippen molar-refractivity contribution in [2.45, 2.75) is 13.8 Å². The summed E-state index contributed by atoms with van der Waals surface area (Å²) >= 11 is 0. The first-order valence-electron chi connectivity index (χ1n) is 2.70. The molecule has 0 heterocycles. The maximum atomic E-state index is 8.90. The molecule has 0 aliphatic heterocycles. The summed E-state index contributed by atoms with van der Waals surface area (Å²) in [6, 6.07) is 0.833. The van der Waals surface area contributed by atoms with Gasteiger partial charge in [-0.1, -0.05) is 0 Å². The van der Waals surface area contributed by atoms with Crippen molar-refractivity contribution in [3.05, 3.63) is 0 Å². The number of hydrogen-bond acceptors (Lipinski definition) is 7. The maximum absolute atomic E-state index is 8.90. The molecule has 0 unspecified atom stereocenters. The smallest absolute Gasteiger partial charge is 0.550 e. The van der Waals surface area contributed by atoms with Crippen molar-refractivity contribution >= 4 is 37.7 Å². The van der Waals surface area contributed by atoms with Gasteiger partial charge in [-0.3, -0.25) is 0 Å². The third-order valence-corrected chi connectivity index (χ3v) is 0.0913. The minimum absolute atomic E-state index is 0. The fourth-order valence-electron chi connectivity index (χ4n) is 0. The van der Waals surface area contributed by atoms with E-state index in [0.29, 0.717) is 0 Å². The third-order valence-electron chi connectivity index (χ3n) is 0.0913. The molecular weight excluding hydrogens is 252 g/mol. The number of aliphatic carboxylic acids is 3. The number of hydrogen-bond donors (Lipinski definition) is 0. The van der Waals surface area contributed by atoms with Crippen molar-refractivity contribution in [2.24, 2.45) is 0 Å². The van der Waals surface area contributed by atoms with Gasteiger partial charge in [0.2, 0.25) is 0 Å². The molecule has 0 saturated carbocycles. The monoisotopic (exact) mass is 257 g/mol. The Balaban J connectivity index is -0.0000000522. The first-order chi connectivity index (χ1) is 5.73. The maximum Gasteiger partial charge on any atom is 3.00 e. The molecule has 0 rings (SSSR count). The van der Waals surface area contributed by atoms with Crippen LogP contribution in [0.1, 0.15) is 13.8 Å². The summed E-state index contributed by atoms with van der Waals surface area (Å²) in [7, 11) is 0. The van der Waals surface area contributed by atoms with E-state index in [-0.39, 0.29) is 19.8 Å². The van der Waals surface area contributed by atoms with E-state index in [9.17, 15) is 0 Å². The quantitative estimate of drug-likeness (QED) is 0.314. The van der Waals surface area contributed by atoms with Crippen LogP contribution in [0.25, 0.3) is 0 Å². The second-order valence-electron chi connectivity index (χ2n) is 1.38. The van der Waals surface area contributed by atoms with Gasteiger partial charge in [-0.25, -0.2) is 0 Å². The zero-order chi connectivity index (χ0) is 11.4. The number of rotatable bonds is 0. The van der Waals surface area contributed by atoms with Crippen molar-refractivity contribution < 1.29 is 29.7 Å². The van der Waals surface area contributed by atoms with Crippen LogP contribution in [0.2, 0.25) is 0 Å². The first kappa shape index (κ1) is 22.9. The van der Waals surface area contributed by atoms with Crippen LogP contribution in [0.4, 0.5) is 0 Å². The number of nitriles is 1. The molecule has 0 aromatic rings. The molecule has 0 aromatic heterocycles. The second-order valence-corrected chi connectivity index (χ2v) is 1.38. The summed E-state index contributed by atoms with van der Waals surface area (Å²) in [6.45, 7) is 1.94. The Morgan fingerprint density at radius 2 is 1.07 bits per heavy atom. The van der Waals surface area contributed by atoms with Gasteiger partial charge in [0.15, 0.2) is 0 Å². The summed E-state index contributed by atoms with van der Waals surface area (Å²) in [6.07, 6.45) is 0. The molecule has 0 fully saturated rings. The van der Waals surface area contributed by atoms with Crippen LogP contribution in [0.3, 0.4) is 0 Å². The van der Waals surface area contributed by atoms with Crippen molar-refractivity contribution in [1.29, 1.82) is 5.26 Å². The zero-order valence-electron chi connectivity index (χ0n) is 7.47. The molecule has 0 aromatic carbocycles. The van der Waals surface area contributed by atoms with Crippen LogP contribution < -0.4 is 15.3 Å². The summed E-state index contributed by atoms with van der Waals surface area (Å²) in [4.78, 5) is 26.7. The van der Waals surface area contributed by atoms with Gasteiger partial charge in [0, 0.05) is 11.9 Å². The van der Waals surface area contributed by atoms with Crippen LogP contribution in [0, 0.1) is 11.3 Å². The largest absolute Gasteiger partial charge is 3.00 e. The minimum atomic E-state index is -1.69. The van der Waals surface area contributed by atoms with E-state index in [1.165, 1.54) is 0 Å². The molecule has 14 heavy (non-hydrogen) atoms. The molecule has 0 spiro atoms. The van der Waals surface area contributed by atoms with Crippen LogP contribution in [0.15, 0.2) is 0 Å². The van der Waals surface area contributed by atoms with E-state index in [1.807, 2.05) is 0 Å². The van der Waals surface area contributed by atoms with Crippen molar-refractivity contribution in [3.63, 3.8) is 0 Å². The van der Waals surface area contributed by atoms with E-state index >= 15 is 0 Å². The summed E-state index contributed by atoms with van der Waals surface area (Å²) in [5.41, 5.74) is 0. The van der Waals surface area contributed by atoms with Gasteiger partial charge in [-0.05, 0) is 13.8 Å². The molecule has 0 N–H and O–H groups in total. The van der Waals surface area contributed by atoms with E-state index in [0.717, 1.165) is 19.9 Å². The SMILES string of the molecule is CC(=O)[O-].CC(=O)[O-].N#CC(=O)[O-].[Ga+3]. The molecule has 0 amide bonds. The van der Waals surface area contributed by atoms with Crippen LogP contribution >= 0.6 is 0 Å². The Morgan fingerprint density at radius 3 is 1.07 bits per heavy atom. The third kappa shape index (κ3) is 3330. The molecule has 7 nitrogen and oxygen atoms in total. The van der Waals surface area contributed by atoms with Gasteiger partial charge in [0.25, 0.3) is 0 Å². The molecule has 0 aliphatic carbocycles. The zero-order valence-corrected chi connectivity index (χ0v) is 9.90. The van der Waals surface area contributed by atoms with Crippen LogP contribution in [0.5, 0.6) is 0 Å². The van der Waals surface area contributed by atoms with Gasteiger partial charge in [-0.15, -0.1) is 0 Å². The average Bonchev–Trinajstić information content (AvgIpc) is 1.84. The van der Waals surface area contributed by atoms with Gasteiger partial charge in [-0.2, -0.15) is 5.26 Å². The van der Waals surface area contributed by atoms with Crippen LogP contribution in [-0.4, -0.2) is 37.7 Å². The van der Waals surface area contributed by atoms with Gasteiger partial charge in [0.05, 0.1) is 0 Å². The standard InChI is InChI=1S/C2HNO2.2C2H4O2.Ga/c3-1-2(4)5;2*1-2(3)4;/h(H,4,5);2*1H3,(H,3,4);/q;;;+3/p-3. The first-order valence-corrected chi connectivity index (χ1v) is 2.70. The van der Waals surface area contributed by atoms with Crippen LogP contribution in [-0.2, 0) is 14.4 Å². The van der Waals surface area contributed by atoms with Gasteiger partial charge < -0.3 is 29.7 Å². The molecule has 0 radical (unpaired) electrons. The predicted octanol–water partition coefficient (Wildman–Crippen LogP) is -4.61. The predicted molar refractivity (Wildman–Crippen MR) is 37.7 cm³/mol. The van der Waals surface area contributed by atoms with E-state index in [1.54, 1.807) is 0 Å². The molecular formula is C6H6GaNO6. The Hall–Kier alpha value is -1.46. The number of carboxylic acid groups (broad SMARTS) is 3. The van der Waals surface area contributed by atoms with Crippen molar-refractivity contribution in [3.8, 4) is 6.07 Å². The molecule has 0 saturated heterocycles. The van der Waals surface area contributed by atoms with E-state index < -0.39 is 17.9 Å². The normalized spacial score (nSPS) is 5.50. The molecule has 0 atom stereocenters. The number of nitrogens with zero attached hydrogens (tertiary/aromatic N) is 1. The topological polar surface area (TPSA) is 144 Å². The minimum Gasteiger partial charge on any atom is -0.550 e. The fraction of sp³-hybridized carbons (Fsp3) is 0.333. The van der Waals surface area contributed by atoms with Gasteiger partial charge in [0.1, 0.15) is 12.0 Å². The Morgan fingerprint density at radius 1 is 1.00 bits per heavy atom. The molecule has 0 bridgehead atoms. The number of carbonyl (C=O) groups excluding carboxylic acids is 3. The Bertz CT molecular complexity index is 201. The molecule has 74 valence electrons. The van der Waals surface area contributed by atoms with E-state index in [2.05, 4.69) is 0 Å².